The zero-order chi connectivity index (χ0) is 15.0. The van der Waals surface area contributed by atoms with E-state index in [-0.39, 0.29) is 5.54 Å². The summed E-state index contributed by atoms with van der Waals surface area (Å²) in [6.45, 7) is 8.61. The SMILES string of the molecule is CNc1nc(CN2CCN(C)C(C)(C)C2)nc2sccc12. The summed E-state index contributed by atoms with van der Waals surface area (Å²) in [4.78, 5) is 15.3. The third-order valence-corrected chi connectivity index (χ3v) is 5.18. The highest BCUT2D eigenvalue weighted by atomic mass is 32.1. The van der Waals surface area contributed by atoms with Gasteiger partial charge in [0.05, 0.1) is 11.9 Å². The molecule has 0 radical (unpaired) electrons. The van der Waals surface area contributed by atoms with Crippen molar-refractivity contribution in [2.45, 2.75) is 25.9 Å². The van der Waals surface area contributed by atoms with Crippen LogP contribution in [0.5, 0.6) is 0 Å². The van der Waals surface area contributed by atoms with E-state index in [4.69, 9.17) is 4.98 Å². The Labute approximate surface area is 130 Å². The average molecular weight is 305 g/mol. The summed E-state index contributed by atoms with van der Waals surface area (Å²) >= 11 is 1.68. The highest BCUT2D eigenvalue weighted by Crippen LogP contribution is 2.26. The van der Waals surface area contributed by atoms with Crippen molar-refractivity contribution in [1.29, 1.82) is 0 Å². The third-order valence-electron chi connectivity index (χ3n) is 4.37. The van der Waals surface area contributed by atoms with Gasteiger partial charge in [0, 0.05) is 32.2 Å². The van der Waals surface area contributed by atoms with Crippen LogP contribution in [0.2, 0.25) is 0 Å². The maximum Gasteiger partial charge on any atom is 0.146 e. The Morgan fingerprint density at radius 1 is 1.33 bits per heavy atom. The van der Waals surface area contributed by atoms with Gasteiger partial charge in [-0.05, 0) is 32.3 Å². The van der Waals surface area contributed by atoms with Crippen molar-refractivity contribution in [3.8, 4) is 0 Å². The van der Waals surface area contributed by atoms with Gasteiger partial charge in [0.2, 0.25) is 0 Å². The lowest BCUT2D eigenvalue weighted by Gasteiger charge is -2.45. The van der Waals surface area contributed by atoms with Gasteiger partial charge in [0.15, 0.2) is 0 Å². The number of likely N-dealkylation sites (N-methyl/N-ethyl adjacent to an activating group) is 1. The number of anilines is 1. The van der Waals surface area contributed by atoms with E-state index < -0.39 is 0 Å². The smallest absolute Gasteiger partial charge is 0.146 e. The molecule has 21 heavy (non-hydrogen) atoms. The van der Waals surface area contributed by atoms with E-state index in [0.717, 1.165) is 48.0 Å². The van der Waals surface area contributed by atoms with Gasteiger partial charge in [-0.15, -0.1) is 11.3 Å². The molecule has 3 heterocycles. The Balaban J connectivity index is 1.82. The second kappa shape index (κ2) is 5.51. The fraction of sp³-hybridized carbons (Fsp3) is 0.600. The minimum Gasteiger partial charge on any atom is -0.372 e. The van der Waals surface area contributed by atoms with Crippen LogP contribution in [-0.4, -0.2) is 59.0 Å². The van der Waals surface area contributed by atoms with Gasteiger partial charge < -0.3 is 5.32 Å². The van der Waals surface area contributed by atoms with Crippen LogP contribution in [0.4, 0.5) is 5.82 Å². The first-order valence-electron chi connectivity index (χ1n) is 7.35. The second-order valence-corrected chi connectivity index (χ2v) is 7.22. The van der Waals surface area contributed by atoms with Crippen molar-refractivity contribution in [2.75, 3.05) is 39.0 Å². The van der Waals surface area contributed by atoms with E-state index >= 15 is 0 Å². The third kappa shape index (κ3) is 2.88. The van der Waals surface area contributed by atoms with Crippen LogP contribution < -0.4 is 5.32 Å². The molecule has 0 amide bonds. The summed E-state index contributed by atoms with van der Waals surface area (Å²) in [6.07, 6.45) is 0. The van der Waals surface area contributed by atoms with Crippen LogP contribution in [0.15, 0.2) is 11.4 Å². The van der Waals surface area contributed by atoms with E-state index in [1.165, 1.54) is 0 Å². The van der Waals surface area contributed by atoms with Gasteiger partial charge >= 0.3 is 0 Å². The van der Waals surface area contributed by atoms with Crippen LogP contribution in [0.25, 0.3) is 10.2 Å². The minimum absolute atomic E-state index is 0.205. The van der Waals surface area contributed by atoms with Crippen LogP contribution >= 0.6 is 11.3 Å². The predicted molar refractivity (Wildman–Crippen MR) is 88.9 cm³/mol. The van der Waals surface area contributed by atoms with Crippen molar-refractivity contribution in [3.63, 3.8) is 0 Å². The van der Waals surface area contributed by atoms with Crippen molar-refractivity contribution in [1.82, 2.24) is 19.8 Å². The first-order valence-corrected chi connectivity index (χ1v) is 8.23. The number of aromatic nitrogens is 2. The van der Waals surface area contributed by atoms with Crippen LogP contribution in [0, 0.1) is 0 Å². The van der Waals surface area contributed by atoms with E-state index in [1.807, 2.05) is 7.05 Å². The largest absolute Gasteiger partial charge is 0.372 e. The number of hydrogen-bond acceptors (Lipinski definition) is 6. The van der Waals surface area contributed by atoms with Crippen LogP contribution in [0.1, 0.15) is 19.7 Å². The van der Waals surface area contributed by atoms with E-state index in [0.29, 0.717) is 0 Å². The zero-order valence-corrected chi connectivity index (χ0v) is 14.0. The molecule has 2 aromatic rings. The standard InChI is InChI=1S/C15H23N5S/c1-15(2)10-20(7-6-19(15)4)9-12-17-13(16-3)11-5-8-21-14(11)18-12/h5,8H,6-7,9-10H2,1-4H3,(H,16,17,18). The molecule has 1 saturated heterocycles. The summed E-state index contributed by atoms with van der Waals surface area (Å²) in [6, 6.07) is 2.08. The predicted octanol–water partition coefficient (Wildman–Crippen LogP) is 2.26. The molecule has 2 aromatic heterocycles. The molecule has 0 aliphatic carbocycles. The summed E-state index contributed by atoms with van der Waals surface area (Å²) in [5.74, 6) is 1.85. The lowest BCUT2D eigenvalue weighted by molar-refractivity contribution is 0.0348. The van der Waals surface area contributed by atoms with Gasteiger partial charge in [-0.25, -0.2) is 9.97 Å². The highest BCUT2D eigenvalue weighted by molar-refractivity contribution is 7.16. The van der Waals surface area contributed by atoms with Crippen molar-refractivity contribution in [3.05, 3.63) is 17.3 Å². The monoisotopic (exact) mass is 305 g/mol. The molecule has 1 fully saturated rings. The van der Waals surface area contributed by atoms with Gasteiger partial charge in [-0.2, -0.15) is 0 Å². The van der Waals surface area contributed by atoms with Crippen LogP contribution in [0.3, 0.4) is 0 Å². The number of piperazine rings is 1. The molecular weight excluding hydrogens is 282 g/mol. The Hall–Kier alpha value is -1.24. The maximum atomic E-state index is 4.72. The van der Waals surface area contributed by atoms with Gasteiger partial charge in [-0.1, -0.05) is 0 Å². The van der Waals surface area contributed by atoms with Crippen molar-refractivity contribution in [2.24, 2.45) is 0 Å². The molecule has 1 aliphatic heterocycles. The average Bonchev–Trinajstić information content (AvgIpc) is 2.90. The first-order chi connectivity index (χ1) is 9.99. The topological polar surface area (TPSA) is 44.3 Å². The van der Waals surface area contributed by atoms with Gasteiger partial charge in [0.25, 0.3) is 0 Å². The number of rotatable bonds is 3. The summed E-state index contributed by atoms with van der Waals surface area (Å²) in [5.41, 5.74) is 0.205. The quantitative estimate of drug-likeness (QED) is 0.942. The molecule has 5 nitrogen and oxygen atoms in total. The Morgan fingerprint density at radius 3 is 2.86 bits per heavy atom. The maximum absolute atomic E-state index is 4.72. The number of hydrogen-bond donors (Lipinski definition) is 1. The molecule has 0 aromatic carbocycles. The lowest BCUT2D eigenvalue weighted by atomic mass is 10.00. The molecule has 0 bridgehead atoms. The summed E-state index contributed by atoms with van der Waals surface area (Å²) in [5, 5.41) is 6.37. The zero-order valence-electron chi connectivity index (χ0n) is 13.2. The Kier molecular flexibility index (Phi) is 3.86. The Morgan fingerprint density at radius 2 is 2.14 bits per heavy atom. The van der Waals surface area contributed by atoms with Crippen molar-refractivity contribution < 1.29 is 0 Å². The first kappa shape index (κ1) is 14.7. The number of thiophene rings is 1. The second-order valence-electron chi connectivity index (χ2n) is 6.32. The minimum atomic E-state index is 0.205. The van der Waals surface area contributed by atoms with Crippen molar-refractivity contribution >= 4 is 27.4 Å². The highest BCUT2D eigenvalue weighted by Gasteiger charge is 2.31. The van der Waals surface area contributed by atoms with E-state index in [9.17, 15) is 0 Å². The molecule has 6 heteroatoms. The summed E-state index contributed by atoms with van der Waals surface area (Å²) in [7, 11) is 4.12. The van der Waals surface area contributed by atoms with E-state index in [2.05, 4.69) is 52.4 Å². The molecule has 0 unspecified atom stereocenters. The molecule has 114 valence electrons. The fourth-order valence-corrected chi connectivity index (χ4v) is 3.62. The number of nitrogens with one attached hydrogen (secondary N) is 1. The molecular formula is C15H23N5S. The Bertz CT molecular complexity index is 636. The van der Waals surface area contributed by atoms with Gasteiger partial charge in [-0.3, -0.25) is 9.80 Å². The van der Waals surface area contributed by atoms with E-state index in [1.54, 1.807) is 11.3 Å². The molecule has 3 rings (SSSR count). The molecule has 0 atom stereocenters. The molecule has 1 N–H and O–H groups in total. The molecule has 1 aliphatic rings. The normalized spacial score (nSPS) is 20.0. The molecule has 0 saturated carbocycles. The lowest BCUT2D eigenvalue weighted by Crippen LogP contribution is -2.57. The summed E-state index contributed by atoms with van der Waals surface area (Å²) < 4.78 is 0. The number of nitrogens with zero attached hydrogens (tertiary/aromatic N) is 4. The molecule has 0 spiro atoms. The van der Waals surface area contributed by atoms with Gasteiger partial charge in [0.1, 0.15) is 16.5 Å². The number of fused-ring (bicyclic) bond motifs is 1. The fourth-order valence-electron chi connectivity index (χ4n) is 2.84. The van der Waals surface area contributed by atoms with Crippen LogP contribution in [-0.2, 0) is 6.54 Å².